The predicted molar refractivity (Wildman–Crippen MR) is 110 cm³/mol. The van der Waals surface area contributed by atoms with Gasteiger partial charge in [-0.15, -0.1) is 0 Å². The number of hydrogen-bond donors (Lipinski definition) is 1. The van der Waals surface area contributed by atoms with Crippen LogP contribution >= 0.6 is 0 Å². The standard InChI is InChI=1S/C23H28N2O3/c1-4-5-6-13-28-19-10-8-18(9-11-19)15-25-21-12-7-16(2)14-20(21)22(23(25)27)24-17(3)26/h7-12,14,22H,4-6,13,15H2,1-3H3,(H,24,26). The Morgan fingerprint density at radius 2 is 1.89 bits per heavy atom. The zero-order valence-electron chi connectivity index (χ0n) is 16.8. The zero-order valence-corrected chi connectivity index (χ0v) is 16.8. The fourth-order valence-electron chi connectivity index (χ4n) is 3.48. The molecule has 0 radical (unpaired) electrons. The van der Waals surface area contributed by atoms with Crippen LogP contribution in [-0.2, 0) is 16.1 Å². The second kappa shape index (κ2) is 8.91. The van der Waals surface area contributed by atoms with E-state index in [-0.39, 0.29) is 11.8 Å². The minimum atomic E-state index is -0.617. The number of hydrogen-bond acceptors (Lipinski definition) is 3. The Bertz CT molecular complexity index is 845. The smallest absolute Gasteiger partial charge is 0.254 e. The molecule has 5 nitrogen and oxygen atoms in total. The Labute approximate surface area is 166 Å². The number of anilines is 1. The lowest BCUT2D eigenvalue weighted by Gasteiger charge is -2.18. The number of carbonyl (C=O) groups excluding carboxylic acids is 2. The van der Waals surface area contributed by atoms with Crippen molar-refractivity contribution in [2.75, 3.05) is 11.5 Å². The van der Waals surface area contributed by atoms with Gasteiger partial charge in [-0.3, -0.25) is 9.59 Å². The van der Waals surface area contributed by atoms with Gasteiger partial charge in [-0.25, -0.2) is 0 Å². The number of aryl methyl sites for hydroxylation is 1. The largest absolute Gasteiger partial charge is 0.494 e. The molecule has 5 heteroatoms. The van der Waals surface area contributed by atoms with Crippen molar-refractivity contribution in [3.8, 4) is 5.75 Å². The van der Waals surface area contributed by atoms with Crippen molar-refractivity contribution in [1.29, 1.82) is 0 Å². The van der Waals surface area contributed by atoms with Gasteiger partial charge in [0.1, 0.15) is 11.8 Å². The number of nitrogens with one attached hydrogen (secondary N) is 1. The summed E-state index contributed by atoms with van der Waals surface area (Å²) in [5.41, 5.74) is 3.79. The molecule has 0 bridgehead atoms. The molecule has 1 atom stereocenters. The molecule has 28 heavy (non-hydrogen) atoms. The second-order valence-electron chi connectivity index (χ2n) is 7.32. The molecule has 0 spiro atoms. The van der Waals surface area contributed by atoms with Crippen molar-refractivity contribution in [2.45, 2.75) is 52.6 Å². The summed E-state index contributed by atoms with van der Waals surface area (Å²) >= 11 is 0. The summed E-state index contributed by atoms with van der Waals surface area (Å²) in [6.45, 7) is 6.77. The SMILES string of the molecule is CCCCCOc1ccc(CN2C(=O)C(NC(C)=O)c3cc(C)ccc32)cc1. The molecule has 1 N–H and O–H groups in total. The summed E-state index contributed by atoms with van der Waals surface area (Å²) in [4.78, 5) is 26.3. The molecule has 0 saturated heterocycles. The molecule has 0 aliphatic carbocycles. The van der Waals surface area contributed by atoms with Crippen LogP contribution in [0, 0.1) is 6.92 Å². The highest BCUT2D eigenvalue weighted by atomic mass is 16.5. The third-order valence-corrected chi connectivity index (χ3v) is 4.93. The number of benzene rings is 2. The van der Waals surface area contributed by atoms with Crippen LogP contribution in [0.2, 0.25) is 0 Å². The van der Waals surface area contributed by atoms with Gasteiger partial charge in [-0.05, 0) is 37.1 Å². The fourth-order valence-corrected chi connectivity index (χ4v) is 3.48. The summed E-state index contributed by atoms with van der Waals surface area (Å²) in [5.74, 6) is 0.535. The number of unbranched alkanes of at least 4 members (excludes halogenated alkanes) is 2. The average Bonchev–Trinajstić information content (AvgIpc) is 2.91. The summed E-state index contributed by atoms with van der Waals surface area (Å²) in [6.07, 6.45) is 3.40. The van der Waals surface area contributed by atoms with Crippen LogP contribution < -0.4 is 15.0 Å². The molecule has 1 aliphatic heterocycles. The Balaban J connectivity index is 1.73. The van der Waals surface area contributed by atoms with E-state index in [2.05, 4.69) is 12.2 Å². The van der Waals surface area contributed by atoms with Gasteiger partial charge in [-0.2, -0.15) is 0 Å². The second-order valence-corrected chi connectivity index (χ2v) is 7.32. The molecule has 2 amide bonds. The quantitative estimate of drug-likeness (QED) is 0.695. The van der Waals surface area contributed by atoms with E-state index in [0.29, 0.717) is 6.54 Å². The normalized spacial score (nSPS) is 15.5. The molecular formula is C23H28N2O3. The van der Waals surface area contributed by atoms with Crippen molar-refractivity contribution >= 4 is 17.5 Å². The van der Waals surface area contributed by atoms with Crippen LogP contribution in [0.25, 0.3) is 0 Å². The molecular weight excluding hydrogens is 352 g/mol. The lowest BCUT2D eigenvalue weighted by molar-refractivity contribution is -0.126. The summed E-state index contributed by atoms with van der Waals surface area (Å²) in [5, 5.41) is 2.78. The molecule has 3 rings (SSSR count). The van der Waals surface area contributed by atoms with Gasteiger partial charge in [0.2, 0.25) is 5.91 Å². The van der Waals surface area contributed by atoms with E-state index in [0.717, 1.165) is 41.2 Å². The van der Waals surface area contributed by atoms with Crippen LogP contribution in [0.15, 0.2) is 42.5 Å². The molecule has 2 aromatic carbocycles. The molecule has 148 valence electrons. The minimum Gasteiger partial charge on any atom is -0.494 e. The maximum atomic E-state index is 13.0. The van der Waals surface area contributed by atoms with Crippen LogP contribution in [0.1, 0.15) is 55.8 Å². The Hall–Kier alpha value is -2.82. The molecule has 1 aliphatic rings. The fraction of sp³-hybridized carbons (Fsp3) is 0.391. The van der Waals surface area contributed by atoms with Gasteiger partial charge >= 0.3 is 0 Å². The number of fused-ring (bicyclic) bond motifs is 1. The van der Waals surface area contributed by atoms with E-state index in [1.807, 2.05) is 49.4 Å². The monoisotopic (exact) mass is 380 g/mol. The first-order chi connectivity index (χ1) is 13.5. The molecule has 1 heterocycles. The van der Waals surface area contributed by atoms with E-state index in [4.69, 9.17) is 4.74 Å². The first-order valence-corrected chi connectivity index (χ1v) is 9.90. The van der Waals surface area contributed by atoms with Gasteiger partial charge < -0.3 is 15.0 Å². The summed E-state index contributed by atoms with van der Waals surface area (Å²) in [6, 6.07) is 13.2. The van der Waals surface area contributed by atoms with Crippen LogP contribution in [0.5, 0.6) is 5.75 Å². The van der Waals surface area contributed by atoms with Gasteiger partial charge in [0.25, 0.3) is 5.91 Å². The van der Waals surface area contributed by atoms with Crippen molar-refractivity contribution in [2.24, 2.45) is 0 Å². The Kier molecular flexibility index (Phi) is 6.34. The highest BCUT2D eigenvalue weighted by molar-refractivity contribution is 6.06. The zero-order chi connectivity index (χ0) is 20.1. The number of nitrogens with zero attached hydrogens (tertiary/aromatic N) is 1. The number of ether oxygens (including phenoxy) is 1. The molecule has 0 aromatic heterocycles. The maximum Gasteiger partial charge on any atom is 0.254 e. The number of amides is 2. The topological polar surface area (TPSA) is 58.6 Å². The summed E-state index contributed by atoms with van der Waals surface area (Å²) in [7, 11) is 0. The van der Waals surface area contributed by atoms with Crippen LogP contribution in [0.3, 0.4) is 0 Å². The van der Waals surface area contributed by atoms with Crippen molar-refractivity contribution < 1.29 is 14.3 Å². The number of rotatable bonds is 8. The maximum absolute atomic E-state index is 13.0. The first-order valence-electron chi connectivity index (χ1n) is 9.90. The van der Waals surface area contributed by atoms with Crippen molar-refractivity contribution in [3.63, 3.8) is 0 Å². The van der Waals surface area contributed by atoms with Gasteiger partial charge in [0, 0.05) is 18.2 Å². The van der Waals surface area contributed by atoms with Gasteiger partial charge in [0.15, 0.2) is 0 Å². The average molecular weight is 380 g/mol. The van der Waals surface area contributed by atoms with Gasteiger partial charge in [0.05, 0.1) is 13.2 Å². The third kappa shape index (κ3) is 4.53. The minimum absolute atomic E-state index is 0.101. The molecule has 0 saturated carbocycles. The molecule has 0 fully saturated rings. The van der Waals surface area contributed by atoms with Crippen LogP contribution in [0.4, 0.5) is 5.69 Å². The van der Waals surface area contributed by atoms with E-state index < -0.39 is 6.04 Å². The van der Waals surface area contributed by atoms with Crippen LogP contribution in [-0.4, -0.2) is 18.4 Å². The first kappa shape index (κ1) is 19.9. The van der Waals surface area contributed by atoms with Gasteiger partial charge in [-0.1, -0.05) is 49.6 Å². The van der Waals surface area contributed by atoms with Crippen molar-refractivity contribution in [3.05, 3.63) is 59.2 Å². The molecule has 2 aromatic rings. The van der Waals surface area contributed by atoms with E-state index in [9.17, 15) is 9.59 Å². The predicted octanol–water partition coefficient (Wildman–Crippen LogP) is 4.29. The highest BCUT2D eigenvalue weighted by Gasteiger charge is 2.37. The van der Waals surface area contributed by atoms with E-state index in [1.54, 1.807) is 4.90 Å². The van der Waals surface area contributed by atoms with E-state index in [1.165, 1.54) is 19.8 Å². The Morgan fingerprint density at radius 1 is 1.14 bits per heavy atom. The van der Waals surface area contributed by atoms with E-state index >= 15 is 0 Å². The summed E-state index contributed by atoms with van der Waals surface area (Å²) < 4.78 is 5.76. The van der Waals surface area contributed by atoms with Crippen molar-refractivity contribution in [1.82, 2.24) is 5.32 Å². The lowest BCUT2D eigenvalue weighted by atomic mass is 10.1. The number of carbonyl (C=O) groups is 2. The third-order valence-electron chi connectivity index (χ3n) is 4.93. The lowest BCUT2D eigenvalue weighted by Crippen LogP contribution is -2.36. The molecule has 1 unspecified atom stereocenters. The Morgan fingerprint density at radius 3 is 2.57 bits per heavy atom. The highest BCUT2D eigenvalue weighted by Crippen LogP contribution is 2.37.